The van der Waals surface area contributed by atoms with Crippen molar-refractivity contribution in [3.8, 4) is 0 Å². The van der Waals surface area contributed by atoms with Gasteiger partial charge in [-0.3, -0.25) is 9.59 Å². The van der Waals surface area contributed by atoms with Crippen molar-refractivity contribution in [3.63, 3.8) is 0 Å². The Bertz CT molecular complexity index is 226. The minimum absolute atomic E-state index is 0. The number of aliphatic hydroxyl groups is 2. The minimum Gasteiger partial charge on any atom is -0.396 e. The van der Waals surface area contributed by atoms with E-state index in [1.807, 2.05) is 0 Å². The summed E-state index contributed by atoms with van der Waals surface area (Å²) in [6.45, 7) is 3.82. The van der Waals surface area contributed by atoms with Gasteiger partial charge in [-0.15, -0.1) is 0 Å². The van der Waals surface area contributed by atoms with Crippen molar-refractivity contribution in [3.05, 3.63) is 0 Å². The van der Waals surface area contributed by atoms with Gasteiger partial charge in [-0.1, -0.05) is 13.3 Å². The van der Waals surface area contributed by atoms with E-state index >= 15 is 0 Å². The molecule has 0 bridgehead atoms. The molecule has 0 aliphatic heterocycles. The van der Waals surface area contributed by atoms with Gasteiger partial charge in [0, 0.05) is 35.6 Å². The third-order valence-corrected chi connectivity index (χ3v) is 1.56. The number of aliphatic hydroxyl groups excluding tert-OH is 1. The van der Waals surface area contributed by atoms with Crippen LogP contribution in [0.2, 0.25) is 0 Å². The van der Waals surface area contributed by atoms with Crippen LogP contribution in [0, 0.1) is 0 Å². The molecule has 92 valence electrons. The Labute approximate surface area is 109 Å². The molecule has 1 unspecified atom stereocenters. The summed E-state index contributed by atoms with van der Waals surface area (Å²) in [6.07, 6.45) is -0.793. The summed E-state index contributed by atoms with van der Waals surface area (Å²) in [5.74, 6) is -4.30. The standard InChI is InChI=1S/C9H16O6.Ti/c1-4-5-8(12)9(13,14-6(2)10)15-7(3)11;/h8,12-13H,4-5H2,1-3H3;. The molecule has 0 saturated heterocycles. The van der Waals surface area contributed by atoms with E-state index in [2.05, 4.69) is 9.47 Å². The largest absolute Gasteiger partial charge is 0.401 e. The van der Waals surface area contributed by atoms with Gasteiger partial charge in [0.15, 0.2) is 6.10 Å². The Morgan fingerprint density at radius 3 is 1.88 bits per heavy atom. The van der Waals surface area contributed by atoms with Crippen LogP contribution in [0.1, 0.15) is 33.6 Å². The first-order chi connectivity index (χ1) is 6.81. The predicted octanol–water partition coefficient (Wildman–Crippen LogP) is -0.0828. The van der Waals surface area contributed by atoms with E-state index < -0.39 is 24.0 Å². The summed E-state index contributed by atoms with van der Waals surface area (Å²) in [5, 5.41) is 19.1. The van der Waals surface area contributed by atoms with Crippen LogP contribution in [0.15, 0.2) is 0 Å². The van der Waals surface area contributed by atoms with Gasteiger partial charge < -0.3 is 19.7 Å². The molecule has 0 fully saturated rings. The number of rotatable bonds is 5. The Hall–Kier alpha value is -0.426. The van der Waals surface area contributed by atoms with Crippen molar-refractivity contribution in [2.24, 2.45) is 0 Å². The molecule has 0 aromatic heterocycles. The van der Waals surface area contributed by atoms with Gasteiger partial charge in [-0.2, -0.15) is 0 Å². The van der Waals surface area contributed by atoms with Crippen LogP contribution in [0.25, 0.3) is 0 Å². The molecule has 0 rings (SSSR count). The van der Waals surface area contributed by atoms with Crippen molar-refractivity contribution in [2.45, 2.75) is 45.7 Å². The van der Waals surface area contributed by atoms with Crippen LogP contribution >= 0.6 is 0 Å². The van der Waals surface area contributed by atoms with E-state index in [1.54, 1.807) is 6.92 Å². The van der Waals surface area contributed by atoms with Crippen LogP contribution in [-0.4, -0.2) is 34.2 Å². The van der Waals surface area contributed by atoms with Gasteiger partial charge in [-0.05, 0) is 6.42 Å². The van der Waals surface area contributed by atoms with E-state index in [9.17, 15) is 19.8 Å². The maximum absolute atomic E-state index is 10.7. The van der Waals surface area contributed by atoms with Crippen molar-refractivity contribution < 1.29 is 51.0 Å². The quantitative estimate of drug-likeness (QED) is 0.411. The molecule has 1 atom stereocenters. The van der Waals surface area contributed by atoms with E-state index in [0.29, 0.717) is 6.42 Å². The van der Waals surface area contributed by atoms with Crippen molar-refractivity contribution in [1.82, 2.24) is 0 Å². The Balaban J connectivity index is 0. The van der Waals surface area contributed by atoms with Gasteiger partial charge in [0.05, 0.1) is 0 Å². The maximum Gasteiger partial charge on any atom is 0.401 e. The normalized spacial score (nSPS) is 12.3. The molecule has 7 heteroatoms. The summed E-state index contributed by atoms with van der Waals surface area (Å²) in [4.78, 5) is 21.3. The third kappa shape index (κ3) is 6.22. The SMILES string of the molecule is CCCC(O)C(O)(OC(C)=O)OC(C)=O.[Ti]. The molecule has 0 aliphatic rings. The summed E-state index contributed by atoms with van der Waals surface area (Å²) in [7, 11) is 0. The van der Waals surface area contributed by atoms with Gasteiger partial charge in [0.25, 0.3) is 0 Å². The number of carbonyl (C=O) groups is 2. The zero-order chi connectivity index (χ0) is 12.1. The van der Waals surface area contributed by atoms with E-state index in [4.69, 9.17) is 0 Å². The molecule has 0 radical (unpaired) electrons. The van der Waals surface area contributed by atoms with Crippen LogP contribution in [0.5, 0.6) is 0 Å². The average molecular weight is 268 g/mol. The molecule has 0 aromatic rings. The molecular weight excluding hydrogens is 252 g/mol. The number of carbonyl (C=O) groups excluding carboxylic acids is 2. The van der Waals surface area contributed by atoms with Gasteiger partial charge in [-0.25, -0.2) is 0 Å². The molecule has 16 heavy (non-hydrogen) atoms. The molecule has 0 heterocycles. The number of esters is 2. The summed E-state index contributed by atoms with van der Waals surface area (Å²) < 4.78 is 8.77. The molecule has 0 aromatic carbocycles. The Kier molecular flexibility index (Phi) is 8.73. The van der Waals surface area contributed by atoms with Gasteiger partial charge >= 0.3 is 17.9 Å². The van der Waals surface area contributed by atoms with Crippen LogP contribution in [0.3, 0.4) is 0 Å². The van der Waals surface area contributed by atoms with E-state index in [0.717, 1.165) is 13.8 Å². The van der Waals surface area contributed by atoms with Crippen molar-refractivity contribution in [2.75, 3.05) is 0 Å². The molecule has 0 aliphatic carbocycles. The maximum atomic E-state index is 10.7. The van der Waals surface area contributed by atoms with Crippen LogP contribution in [0.4, 0.5) is 0 Å². The zero-order valence-corrected chi connectivity index (χ0v) is 11.1. The zero-order valence-electron chi connectivity index (χ0n) is 9.52. The predicted molar refractivity (Wildman–Crippen MR) is 49.4 cm³/mol. The van der Waals surface area contributed by atoms with E-state index in [-0.39, 0.29) is 28.1 Å². The smallest absolute Gasteiger partial charge is 0.396 e. The number of hydrogen-bond donors (Lipinski definition) is 2. The van der Waals surface area contributed by atoms with E-state index in [1.165, 1.54) is 0 Å². The fourth-order valence-corrected chi connectivity index (χ4v) is 1.02. The summed E-state index contributed by atoms with van der Waals surface area (Å²) in [6, 6.07) is 0. The molecule has 6 nitrogen and oxygen atoms in total. The van der Waals surface area contributed by atoms with Crippen LogP contribution in [-0.2, 0) is 40.8 Å². The Morgan fingerprint density at radius 2 is 1.62 bits per heavy atom. The fourth-order valence-electron chi connectivity index (χ4n) is 1.02. The van der Waals surface area contributed by atoms with Gasteiger partial charge in [0.1, 0.15) is 0 Å². The van der Waals surface area contributed by atoms with Crippen molar-refractivity contribution in [1.29, 1.82) is 0 Å². The topological polar surface area (TPSA) is 93.1 Å². The Morgan fingerprint density at radius 1 is 1.25 bits per heavy atom. The summed E-state index contributed by atoms with van der Waals surface area (Å²) >= 11 is 0. The van der Waals surface area contributed by atoms with Crippen molar-refractivity contribution >= 4 is 11.9 Å². The fraction of sp³-hybridized carbons (Fsp3) is 0.778. The first-order valence-electron chi connectivity index (χ1n) is 4.61. The second kappa shape index (κ2) is 7.78. The molecule has 0 spiro atoms. The molecular formula is C9H16O6Ti. The number of ether oxygens (including phenoxy) is 2. The third-order valence-electron chi connectivity index (χ3n) is 1.56. The second-order valence-corrected chi connectivity index (χ2v) is 3.12. The minimum atomic E-state index is -2.59. The first-order valence-corrected chi connectivity index (χ1v) is 4.61. The van der Waals surface area contributed by atoms with Crippen LogP contribution < -0.4 is 0 Å². The summed E-state index contributed by atoms with van der Waals surface area (Å²) in [5.41, 5.74) is 0. The van der Waals surface area contributed by atoms with Gasteiger partial charge in [0.2, 0.25) is 0 Å². The number of hydrogen-bond acceptors (Lipinski definition) is 6. The molecule has 0 amide bonds. The average Bonchev–Trinajstić information content (AvgIpc) is 2.01. The molecule has 0 saturated carbocycles. The first kappa shape index (κ1) is 18.0. The second-order valence-electron chi connectivity index (χ2n) is 3.12. The molecule has 2 N–H and O–H groups in total. The monoisotopic (exact) mass is 268 g/mol.